The van der Waals surface area contributed by atoms with Gasteiger partial charge in [0.1, 0.15) is 0 Å². The first-order valence-corrected chi connectivity index (χ1v) is 4.17. The lowest BCUT2D eigenvalue weighted by Gasteiger charge is -2.15. The average molecular weight is 170 g/mol. The number of amides is 1. The van der Waals surface area contributed by atoms with Crippen LogP contribution in [0.15, 0.2) is 0 Å². The maximum Gasteiger partial charge on any atom is 0.223 e. The Morgan fingerprint density at radius 2 is 2.42 bits per heavy atom. The van der Waals surface area contributed by atoms with Gasteiger partial charge in [0.05, 0.1) is 12.6 Å². The third-order valence-electron chi connectivity index (χ3n) is 2.03. The van der Waals surface area contributed by atoms with Crippen LogP contribution in [0.25, 0.3) is 0 Å². The number of nitrogens with zero attached hydrogens (tertiary/aromatic N) is 1. The van der Waals surface area contributed by atoms with Gasteiger partial charge in [0, 0.05) is 13.0 Å². The van der Waals surface area contributed by atoms with Gasteiger partial charge >= 0.3 is 0 Å². The van der Waals surface area contributed by atoms with Gasteiger partial charge in [0.15, 0.2) is 5.78 Å². The molecule has 1 heterocycles. The molecule has 4 heteroatoms. The summed E-state index contributed by atoms with van der Waals surface area (Å²) in [6, 6.07) is -0.460. The van der Waals surface area contributed by atoms with Gasteiger partial charge in [-0.15, -0.1) is 0 Å². The Kier molecular flexibility index (Phi) is 2.81. The Bertz CT molecular complexity index is 201. The normalized spacial score (nSPS) is 19.8. The molecule has 12 heavy (non-hydrogen) atoms. The van der Waals surface area contributed by atoms with Crippen LogP contribution in [0.5, 0.6) is 0 Å². The molecule has 1 amide bonds. The number of ketones is 1. The van der Waals surface area contributed by atoms with Crippen molar-refractivity contribution >= 4 is 11.7 Å². The molecule has 68 valence electrons. The Balaban J connectivity index is 2.40. The molecule has 4 nitrogen and oxygen atoms in total. The smallest absolute Gasteiger partial charge is 0.223 e. The largest absolute Gasteiger partial charge is 0.335 e. The lowest BCUT2D eigenvalue weighted by Crippen LogP contribution is -2.38. The number of likely N-dealkylation sites (tertiary alicyclic amines) is 1. The highest BCUT2D eigenvalue weighted by Gasteiger charge is 2.23. The van der Waals surface area contributed by atoms with Gasteiger partial charge in [-0.1, -0.05) is 0 Å². The molecule has 0 spiro atoms. The molecule has 1 unspecified atom stereocenters. The van der Waals surface area contributed by atoms with Crippen molar-refractivity contribution in [1.29, 1.82) is 0 Å². The van der Waals surface area contributed by atoms with Crippen LogP contribution in [0.4, 0.5) is 0 Å². The summed E-state index contributed by atoms with van der Waals surface area (Å²) in [6.45, 7) is 2.54. The Hall–Kier alpha value is -0.900. The Labute approximate surface area is 71.7 Å². The van der Waals surface area contributed by atoms with E-state index in [0.29, 0.717) is 13.0 Å². The average Bonchev–Trinajstić information content (AvgIpc) is 2.36. The molecule has 0 aromatic carbocycles. The van der Waals surface area contributed by atoms with Crippen molar-refractivity contribution in [3.63, 3.8) is 0 Å². The van der Waals surface area contributed by atoms with Crippen molar-refractivity contribution in [3.05, 3.63) is 0 Å². The molecule has 0 radical (unpaired) electrons. The van der Waals surface area contributed by atoms with Crippen molar-refractivity contribution in [2.75, 3.05) is 13.1 Å². The Morgan fingerprint density at radius 3 is 2.83 bits per heavy atom. The van der Waals surface area contributed by atoms with E-state index in [1.807, 2.05) is 0 Å². The van der Waals surface area contributed by atoms with E-state index in [-0.39, 0.29) is 18.2 Å². The zero-order valence-electron chi connectivity index (χ0n) is 7.25. The number of hydrogen-bond acceptors (Lipinski definition) is 3. The lowest BCUT2D eigenvalue weighted by atomic mass is 10.2. The number of carbonyl (C=O) groups is 2. The summed E-state index contributed by atoms with van der Waals surface area (Å²) in [7, 11) is 0. The number of Topliss-reactive ketones (excluding diaryl/α,β-unsaturated/α-hetero) is 1. The van der Waals surface area contributed by atoms with Gasteiger partial charge in [-0.2, -0.15) is 0 Å². The first-order valence-electron chi connectivity index (χ1n) is 4.17. The summed E-state index contributed by atoms with van der Waals surface area (Å²) in [5, 5.41) is 0. The fraction of sp³-hybridized carbons (Fsp3) is 0.750. The predicted octanol–water partition coefficient (Wildman–Crippen LogP) is -0.475. The number of nitrogens with two attached hydrogens (primary N) is 1. The fourth-order valence-corrected chi connectivity index (χ4v) is 1.20. The molecule has 1 rings (SSSR count). The first-order chi connectivity index (χ1) is 5.61. The van der Waals surface area contributed by atoms with Gasteiger partial charge in [-0.3, -0.25) is 9.59 Å². The molecule has 0 aromatic heterocycles. The van der Waals surface area contributed by atoms with Crippen LogP contribution in [-0.4, -0.2) is 35.7 Å². The molecule has 2 N–H and O–H groups in total. The van der Waals surface area contributed by atoms with Gasteiger partial charge < -0.3 is 10.6 Å². The zero-order chi connectivity index (χ0) is 9.14. The van der Waals surface area contributed by atoms with Crippen LogP contribution in [0.3, 0.4) is 0 Å². The number of hydrogen-bond donors (Lipinski definition) is 1. The predicted molar refractivity (Wildman–Crippen MR) is 44.5 cm³/mol. The third kappa shape index (κ3) is 2.04. The van der Waals surface area contributed by atoms with Crippen LogP contribution in [0.2, 0.25) is 0 Å². The standard InChI is InChI=1S/C8H14N2O2/c1-6(9)7(11)5-10-4-2-3-8(10)12/h6H,2-5,9H2,1H3. The SMILES string of the molecule is CC(N)C(=O)CN1CCCC1=O. The van der Waals surface area contributed by atoms with Crippen molar-refractivity contribution in [2.24, 2.45) is 5.73 Å². The van der Waals surface area contributed by atoms with Crippen LogP contribution in [0, 0.1) is 0 Å². The monoisotopic (exact) mass is 170 g/mol. The van der Waals surface area contributed by atoms with Crippen molar-refractivity contribution < 1.29 is 9.59 Å². The van der Waals surface area contributed by atoms with E-state index in [4.69, 9.17) is 5.73 Å². The minimum atomic E-state index is -0.460. The van der Waals surface area contributed by atoms with Gasteiger partial charge in [-0.05, 0) is 13.3 Å². The lowest BCUT2D eigenvalue weighted by molar-refractivity contribution is -0.132. The van der Waals surface area contributed by atoms with E-state index >= 15 is 0 Å². The molecule has 0 aliphatic carbocycles. The summed E-state index contributed by atoms with van der Waals surface area (Å²) < 4.78 is 0. The highest BCUT2D eigenvalue weighted by Crippen LogP contribution is 2.08. The van der Waals surface area contributed by atoms with E-state index < -0.39 is 6.04 Å². The van der Waals surface area contributed by atoms with E-state index in [1.54, 1.807) is 11.8 Å². The van der Waals surface area contributed by atoms with E-state index in [2.05, 4.69) is 0 Å². The van der Waals surface area contributed by atoms with E-state index in [0.717, 1.165) is 6.42 Å². The minimum Gasteiger partial charge on any atom is -0.335 e. The van der Waals surface area contributed by atoms with Crippen LogP contribution in [0.1, 0.15) is 19.8 Å². The first kappa shape index (κ1) is 9.19. The second kappa shape index (κ2) is 3.67. The molecule has 1 aliphatic heterocycles. The molecule has 1 fully saturated rings. The Morgan fingerprint density at radius 1 is 1.75 bits per heavy atom. The molecular weight excluding hydrogens is 156 g/mol. The second-order valence-electron chi connectivity index (χ2n) is 3.17. The zero-order valence-corrected chi connectivity index (χ0v) is 7.25. The molecule has 0 aromatic rings. The maximum absolute atomic E-state index is 11.1. The molecular formula is C8H14N2O2. The van der Waals surface area contributed by atoms with Gasteiger partial charge in [0.25, 0.3) is 0 Å². The van der Waals surface area contributed by atoms with Gasteiger partial charge in [-0.25, -0.2) is 0 Å². The number of carbonyl (C=O) groups excluding carboxylic acids is 2. The van der Waals surface area contributed by atoms with Crippen molar-refractivity contribution in [1.82, 2.24) is 4.90 Å². The summed E-state index contributed by atoms with van der Waals surface area (Å²) in [5.74, 6) is 0.00856. The summed E-state index contributed by atoms with van der Waals surface area (Å²) in [4.78, 5) is 23.8. The summed E-state index contributed by atoms with van der Waals surface area (Å²) in [5.41, 5.74) is 5.37. The van der Waals surface area contributed by atoms with Gasteiger partial charge in [0.2, 0.25) is 5.91 Å². The molecule has 0 saturated carbocycles. The molecule has 1 atom stereocenters. The highest BCUT2D eigenvalue weighted by atomic mass is 16.2. The topological polar surface area (TPSA) is 63.4 Å². The van der Waals surface area contributed by atoms with E-state index in [1.165, 1.54) is 0 Å². The highest BCUT2D eigenvalue weighted by molar-refractivity contribution is 5.89. The number of rotatable bonds is 3. The summed E-state index contributed by atoms with van der Waals surface area (Å²) >= 11 is 0. The quantitative estimate of drug-likeness (QED) is 0.622. The van der Waals surface area contributed by atoms with Crippen LogP contribution in [-0.2, 0) is 9.59 Å². The molecule has 1 saturated heterocycles. The van der Waals surface area contributed by atoms with Crippen LogP contribution >= 0.6 is 0 Å². The maximum atomic E-state index is 11.1. The molecule has 0 bridgehead atoms. The van der Waals surface area contributed by atoms with Crippen molar-refractivity contribution in [2.45, 2.75) is 25.8 Å². The van der Waals surface area contributed by atoms with E-state index in [9.17, 15) is 9.59 Å². The fourth-order valence-electron chi connectivity index (χ4n) is 1.20. The van der Waals surface area contributed by atoms with Crippen molar-refractivity contribution in [3.8, 4) is 0 Å². The minimum absolute atomic E-state index is 0.0646. The van der Waals surface area contributed by atoms with Crippen LogP contribution < -0.4 is 5.73 Å². The summed E-state index contributed by atoms with van der Waals surface area (Å²) in [6.07, 6.45) is 1.44. The molecule has 1 aliphatic rings. The second-order valence-corrected chi connectivity index (χ2v) is 3.17. The third-order valence-corrected chi connectivity index (χ3v) is 2.03.